The van der Waals surface area contributed by atoms with E-state index in [0.29, 0.717) is 18.0 Å². The van der Waals surface area contributed by atoms with Crippen LogP contribution in [0.1, 0.15) is 30.0 Å². The van der Waals surface area contributed by atoms with Gasteiger partial charge in [-0.15, -0.1) is 0 Å². The lowest BCUT2D eigenvalue weighted by molar-refractivity contribution is -0.140. The molecule has 9 heteroatoms. The second kappa shape index (κ2) is 15.2. The molecular weight excluding hydrogens is 574 g/mol. The molecule has 0 unspecified atom stereocenters. The summed E-state index contributed by atoms with van der Waals surface area (Å²) in [6, 6.07) is 30.9. The van der Waals surface area contributed by atoms with Gasteiger partial charge in [0.15, 0.2) is 0 Å². The van der Waals surface area contributed by atoms with Gasteiger partial charge in [-0.05, 0) is 60.9 Å². The highest BCUT2D eigenvalue weighted by Crippen LogP contribution is 2.25. The van der Waals surface area contributed by atoms with Crippen LogP contribution < -0.4 is 14.4 Å². The Morgan fingerprint density at radius 3 is 2.11 bits per heavy atom. The minimum Gasteiger partial charge on any atom is -0.497 e. The number of methoxy groups -OCH3 is 1. The van der Waals surface area contributed by atoms with Gasteiger partial charge in [0.2, 0.25) is 11.8 Å². The number of hydrogen-bond donors (Lipinski definition) is 1. The first-order chi connectivity index (χ1) is 21.2. The third kappa shape index (κ3) is 8.26. The van der Waals surface area contributed by atoms with E-state index in [1.807, 2.05) is 62.4 Å². The largest absolute Gasteiger partial charge is 0.497 e. The monoisotopic (exact) mass is 613 g/mol. The number of para-hydroxylation sites is 1. The Kier molecular flexibility index (Phi) is 11.2. The van der Waals surface area contributed by atoms with Gasteiger partial charge >= 0.3 is 0 Å². The van der Waals surface area contributed by atoms with Crippen LogP contribution in [0, 0.1) is 6.92 Å². The molecule has 8 nitrogen and oxygen atoms in total. The van der Waals surface area contributed by atoms with E-state index in [1.54, 1.807) is 55.6 Å². The van der Waals surface area contributed by atoms with E-state index in [1.165, 1.54) is 17.0 Å². The number of nitrogens with zero attached hydrogens (tertiary/aromatic N) is 2. The Hall–Kier alpha value is -4.63. The molecule has 0 saturated carbocycles. The molecule has 230 valence electrons. The standard InChI is InChI=1S/C35H39N3O5S/c1-4-22-36-35(40)33(24-28-12-7-5-8-13-28)37(25-29-14-11-17-31(23-29)43-3)34(39)26-38(30-15-9-6-10-16-30)44(41,42)32-20-18-27(2)19-21-32/h5-21,23,33H,4,22,24-26H2,1-3H3,(H,36,40)/t33-/m1/s1. The summed E-state index contributed by atoms with van der Waals surface area (Å²) in [5.41, 5.74) is 2.88. The van der Waals surface area contributed by atoms with Crippen molar-refractivity contribution in [1.29, 1.82) is 0 Å². The lowest BCUT2D eigenvalue weighted by atomic mass is 10.0. The highest BCUT2D eigenvalue weighted by Gasteiger charge is 2.34. The number of aryl methyl sites for hydroxylation is 1. The first-order valence-electron chi connectivity index (χ1n) is 14.6. The van der Waals surface area contributed by atoms with Crippen LogP contribution >= 0.6 is 0 Å². The molecule has 0 radical (unpaired) electrons. The molecular formula is C35H39N3O5S. The average molecular weight is 614 g/mol. The minimum absolute atomic E-state index is 0.0697. The Labute approximate surface area is 260 Å². The zero-order valence-electron chi connectivity index (χ0n) is 25.3. The Balaban J connectivity index is 1.78. The van der Waals surface area contributed by atoms with Gasteiger partial charge in [0.25, 0.3) is 10.0 Å². The highest BCUT2D eigenvalue weighted by molar-refractivity contribution is 7.92. The van der Waals surface area contributed by atoms with Crippen molar-refractivity contribution in [1.82, 2.24) is 10.2 Å². The van der Waals surface area contributed by atoms with E-state index < -0.39 is 28.5 Å². The highest BCUT2D eigenvalue weighted by atomic mass is 32.2. The van der Waals surface area contributed by atoms with Crippen molar-refractivity contribution in [3.63, 3.8) is 0 Å². The number of ether oxygens (including phenoxy) is 1. The molecule has 0 spiro atoms. The van der Waals surface area contributed by atoms with E-state index in [4.69, 9.17) is 4.74 Å². The van der Waals surface area contributed by atoms with Crippen molar-refractivity contribution in [3.05, 3.63) is 126 Å². The van der Waals surface area contributed by atoms with Crippen molar-refractivity contribution in [2.45, 2.75) is 44.2 Å². The first kappa shape index (κ1) is 32.3. The number of benzene rings is 4. The summed E-state index contributed by atoms with van der Waals surface area (Å²) in [5, 5.41) is 2.95. The van der Waals surface area contributed by atoms with E-state index in [-0.39, 0.29) is 23.8 Å². The van der Waals surface area contributed by atoms with Crippen molar-refractivity contribution < 1.29 is 22.7 Å². The van der Waals surface area contributed by atoms with Crippen LogP contribution in [0.15, 0.2) is 114 Å². The van der Waals surface area contributed by atoms with Crippen LogP contribution in [-0.4, -0.2) is 51.4 Å². The molecule has 0 aliphatic heterocycles. The number of hydrogen-bond acceptors (Lipinski definition) is 5. The molecule has 0 fully saturated rings. The molecule has 0 aliphatic carbocycles. The molecule has 4 aromatic rings. The number of amides is 2. The molecule has 44 heavy (non-hydrogen) atoms. The van der Waals surface area contributed by atoms with Crippen LogP contribution in [0.3, 0.4) is 0 Å². The average Bonchev–Trinajstić information content (AvgIpc) is 3.05. The van der Waals surface area contributed by atoms with Gasteiger partial charge in [-0.25, -0.2) is 8.42 Å². The fraction of sp³-hybridized carbons (Fsp3) is 0.257. The van der Waals surface area contributed by atoms with Crippen molar-refractivity contribution >= 4 is 27.5 Å². The summed E-state index contributed by atoms with van der Waals surface area (Å²) in [5.74, 6) is -0.211. The lowest BCUT2D eigenvalue weighted by Gasteiger charge is -2.34. The molecule has 1 N–H and O–H groups in total. The van der Waals surface area contributed by atoms with E-state index in [2.05, 4.69) is 5.32 Å². The van der Waals surface area contributed by atoms with Gasteiger partial charge in [-0.3, -0.25) is 13.9 Å². The van der Waals surface area contributed by atoms with Gasteiger partial charge in [0.1, 0.15) is 18.3 Å². The molecule has 1 atom stereocenters. The van der Waals surface area contributed by atoms with Crippen molar-refractivity contribution in [2.75, 3.05) is 24.5 Å². The maximum atomic E-state index is 14.4. The minimum atomic E-state index is -4.14. The Morgan fingerprint density at radius 1 is 0.841 bits per heavy atom. The Bertz CT molecular complexity index is 1630. The quantitative estimate of drug-likeness (QED) is 0.207. The summed E-state index contributed by atoms with van der Waals surface area (Å²) in [7, 11) is -2.58. The van der Waals surface area contributed by atoms with Crippen LogP contribution in [0.4, 0.5) is 5.69 Å². The molecule has 0 saturated heterocycles. The summed E-state index contributed by atoms with van der Waals surface area (Å²) >= 11 is 0. The van der Waals surface area contributed by atoms with Crippen LogP contribution in [0.2, 0.25) is 0 Å². The van der Waals surface area contributed by atoms with E-state index in [9.17, 15) is 18.0 Å². The smallest absolute Gasteiger partial charge is 0.264 e. The van der Waals surface area contributed by atoms with Gasteiger partial charge in [0, 0.05) is 19.5 Å². The molecule has 0 aliphatic rings. The fourth-order valence-corrected chi connectivity index (χ4v) is 6.26. The number of carbonyl (C=O) groups is 2. The second-order valence-corrected chi connectivity index (χ2v) is 12.4. The molecule has 4 rings (SSSR count). The maximum absolute atomic E-state index is 14.4. The van der Waals surface area contributed by atoms with E-state index in [0.717, 1.165) is 27.4 Å². The third-order valence-electron chi connectivity index (χ3n) is 7.24. The first-order valence-corrected chi connectivity index (χ1v) is 16.1. The van der Waals surface area contributed by atoms with Gasteiger partial charge in [-0.1, -0.05) is 85.3 Å². The fourth-order valence-electron chi connectivity index (χ4n) is 4.85. The summed E-state index contributed by atoms with van der Waals surface area (Å²) in [6.45, 7) is 3.85. The molecule has 0 bridgehead atoms. The normalized spacial score (nSPS) is 11.8. The number of nitrogens with one attached hydrogen (secondary N) is 1. The Morgan fingerprint density at radius 2 is 1.48 bits per heavy atom. The SMILES string of the molecule is CCCNC(=O)[C@@H](Cc1ccccc1)N(Cc1cccc(OC)c1)C(=O)CN(c1ccccc1)S(=O)(=O)c1ccc(C)cc1. The van der Waals surface area contributed by atoms with E-state index >= 15 is 0 Å². The van der Waals surface area contributed by atoms with Crippen molar-refractivity contribution in [2.24, 2.45) is 0 Å². The maximum Gasteiger partial charge on any atom is 0.264 e. The zero-order chi connectivity index (χ0) is 31.5. The number of carbonyl (C=O) groups excluding carboxylic acids is 2. The van der Waals surface area contributed by atoms with Crippen molar-refractivity contribution in [3.8, 4) is 5.75 Å². The topological polar surface area (TPSA) is 96.0 Å². The van der Waals surface area contributed by atoms with Gasteiger partial charge < -0.3 is 15.0 Å². The van der Waals surface area contributed by atoms with Gasteiger partial charge in [0.05, 0.1) is 17.7 Å². The molecule has 2 amide bonds. The van der Waals surface area contributed by atoms with Crippen LogP contribution in [0.5, 0.6) is 5.75 Å². The third-order valence-corrected chi connectivity index (χ3v) is 9.03. The summed E-state index contributed by atoms with van der Waals surface area (Å²) in [4.78, 5) is 29.7. The molecule has 0 aromatic heterocycles. The number of sulfonamides is 1. The number of anilines is 1. The van der Waals surface area contributed by atoms with Crippen LogP contribution in [-0.2, 0) is 32.6 Å². The van der Waals surface area contributed by atoms with Crippen LogP contribution in [0.25, 0.3) is 0 Å². The molecule has 4 aromatic carbocycles. The van der Waals surface area contributed by atoms with Gasteiger partial charge in [-0.2, -0.15) is 0 Å². The second-order valence-electron chi connectivity index (χ2n) is 10.5. The predicted molar refractivity (Wildman–Crippen MR) is 173 cm³/mol. The summed E-state index contributed by atoms with van der Waals surface area (Å²) < 4.78 is 34.6. The number of rotatable bonds is 14. The lowest BCUT2D eigenvalue weighted by Crippen LogP contribution is -2.53. The predicted octanol–water partition coefficient (Wildman–Crippen LogP) is 5.37. The zero-order valence-corrected chi connectivity index (χ0v) is 26.2. The molecule has 0 heterocycles. The summed E-state index contributed by atoms with van der Waals surface area (Å²) in [6.07, 6.45) is 0.979.